The van der Waals surface area contributed by atoms with Gasteiger partial charge in [0.05, 0.1) is 0 Å². The van der Waals surface area contributed by atoms with Crippen LogP contribution in [0.2, 0.25) is 5.60 Å². The van der Waals surface area contributed by atoms with Crippen molar-refractivity contribution < 1.29 is 0 Å². The minimum absolute atomic E-state index is 1.26. The Balaban J connectivity index is 0.000000461. The summed E-state index contributed by atoms with van der Waals surface area (Å²) in [4.78, 5) is 0. The van der Waals surface area contributed by atoms with Crippen molar-refractivity contribution >= 4 is 17.7 Å². The number of hydrogen-bond acceptors (Lipinski definition) is 0. The van der Waals surface area contributed by atoms with E-state index in [9.17, 15) is 0 Å². The molecule has 0 unspecified atom stereocenters. The fourth-order valence-electron chi connectivity index (χ4n) is 0.821. The second-order valence-corrected chi connectivity index (χ2v) is 2.41. The third-order valence-electron chi connectivity index (χ3n) is 1.79. The van der Waals surface area contributed by atoms with Gasteiger partial charge in [0.2, 0.25) is 0 Å². The molecule has 0 aromatic heterocycles. The van der Waals surface area contributed by atoms with E-state index in [0.29, 0.717) is 0 Å². The molecule has 0 saturated carbocycles. The van der Waals surface area contributed by atoms with Crippen LogP contribution in [0.15, 0.2) is 12.1 Å². The van der Waals surface area contributed by atoms with Crippen LogP contribution in [0.5, 0.6) is 0 Å². The average Bonchev–Trinajstić information content (AvgIpc) is 2.04. The summed E-state index contributed by atoms with van der Waals surface area (Å²) in [6.45, 7) is 6.33. The van der Waals surface area contributed by atoms with E-state index in [1.807, 2.05) is 29.4 Å². The molecular formula is C10H14Li. The van der Waals surface area contributed by atoms with Crippen molar-refractivity contribution in [3.8, 4) is 0 Å². The van der Waals surface area contributed by atoms with E-state index >= 15 is 0 Å². The van der Waals surface area contributed by atoms with Crippen LogP contribution in [0.25, 0.3) is 0 Å². The van der Waals surface area contributed by atoms with Crippen molar-refractivity contribution in [3.05, 3.63) is 34.9 Å². The first-order valence-corrected chi connectivity index (χ1v) is 4.16. The van der Waals surface area contributed by atoms with E-state index in [4.69, 9.17) is 0 Å². The third kappa shape index (κ3) is 3.14. The molecule has 1 radical (unpaired) electrons. The molecule has 0 nitrogen and oxygen atoms in total. The van der Waals surface area contributed by atoms with Gasteiger partial charge in [-0.05, 0) is 43.5 Å². The molecule has 1 aromatic rings. The average molecular weight is 141 g/mol. The Labute approximate surface area is 79.2 Å². The van der Waals surface area contributed by atoms with Crippen molar-refractivity contribution in [1.29, 1.82) is 0 Å². The molecule has 1 heteroatoms. The van der Waals surface area contributed by atoms with Crippen molar-refractivity contribution in [1.82, 2.24) is 0 Å². The van der Waals surface area contributed by atoms with Crippen molar-refractivity contribution in [2.24, 2.45) is 0 Å². The number of benzene rings is 1. The van der Waals surface area contributed by atoms with Gasteiger partial charge >= 0.3 is 23.3 Å². The summed E-state index contributed by atoms with van der Waals surface area (Å²) in [7, 11) is 0. The summed E-state index contributed by atoms with van der Waals surface area (Å²) in [5.74, 6) is 0. The molecule has 0 fully saturated rings. The topological polar surface area (TPSA) is 0 Å². The van der Waals surface area contributed by atoms with E-state index < -0.39 is 0 Å². The molecule has 0 amide bonds. The Morgan fingerprint density at radius 2 is 1.73 bits per heavy atom. The summed E-state index contributed by atoms with van der Waals surface area (Å²) in [5, 5.41) is 0. The van der Waals surface area contributed by atoms with Crippen LogP contribution in [0, 0.1) is 26.8 Å². The quantitative estimate of drug-likeness (QED) is 0.487. The molecule has 0 N–H and O–H groups in total. The van der Waals surface area contributed by atoms with Gasteiger partial charge in [-0.25, -0.2) is 0 Å². The van der Waals surface area contributed by atoms with Gasteiger partial charge in [0, 0.05) is 0 Å². The van der Waals surface area contributed by atoms with E-state index in [2.05, 4.69) is 32.9 Å². The van der Waals surface area contributed by atoms with Gasteiger partial charge in [0.15, 0.2) is 0 Å². The number of rotatable bonds is 0. The molecule has 0 bridgehead atoms. The van der Waals surface area contributed by atoms with E-state index in [0.717, 1.165) is 0 Å². The Bertz CT molecular complexity index is 196. The summed E-state index contributed by atoms with van der Waals surface area (Å²) >= 11 is 2.00. The van der Waals surface area contributed by atoms with Crippen LogP contribution in [0.3, 0.4) is 0 Å². The molecule has 0 saturated heterocycles. The van der Waals surface area contributed by atoms with Gasteiger partial charge in [-0.2, -0.15) is 0 Å². The Morgan fingerprint density at radius 1 is 1.18 bits per heavy atom. The van der Waals surface area contributed by atoms with Crippen LogP contribution in [-0.2, 0) is 0 Å². The van der Waals surface area contributed by atoms with Crippen LogP contribution in [0.4, 0.5) is 0 Å². The first kappa shape index (κ1) is 10.8. The summed E-state index contributed by atoms with van der Waals surface area (Å²) in [5.41, 5.74) is 5.97. The van der Waals surface area contributed by atoms with Crippen molar-refractivity contribution in [2.75, 3.05) is 0 Å². The molecule has 0 aliphatic heterocycles. The standard InChI is InChI=1S/C9H11.CH3.Li/c1-7-5-4-6-8(2)9(7)3;;/h4-5H,1-3H3;1H3;. The molecular weight excluding hydrogens is 127 g/mol. The third-order valence-corrected chi connectivity index (χ3v) is 1.79. The Hall–Kier alpha value is -0.183. The first-order valence-electron chi connectivity index (χ1n) is 4.16. The molecule has 1 aromatic carbocycles. The zero-order valence-corrected chi connectivity index (χ0v) is 8.15. The van der Waals surface area contributed by atoms with Gasteiger partial charge in [-0.3, -0.25) is 0 Å². The number of aryl methyl sites for hydroxylation is 2. The normalized spacial score (nSPS) is 8.55. The maximum atomic E-state index is 3.14. The van der Waals surface area contributed by atoms with E-state index in [1.54, 1.807) is 0 Å². The zero-order valence-electron chi connectivity index (χ0n) is 8.15. The van der Waals surface area contributed by atoms with Crippen molar-refractivity contribution in [3.63, 3.8) is 0 Å². The van der Waals surface area contributed by atoms with Gasteiger partial charge in [-0.15, -0.1) is 0 Å². The summed E-state index contributed by atoms with van der Waals surface area (Å²) < 4.78 is 0. The zero-order chi connectivity index (χ0) is 8.85. The predicted octanol–water partition coefficient (Wildman–Crippen LogP) is 2.62. The molecule has 55 valence electrons. The first-order chi connectivity index (χ1) is 5.22. The minimum atomic E-state index is 1.26. The molecule has 11 heavy (non-hydrogen) atoms. The van der Waals surface area contributed by atoms with Crippen LogP contribution < -0.4 is 0 Å². The van der Waals surface area contributed by atoms with Crippen LogP contribution in [0.1, 0.15) is 16.7 Å². The fraction of sp³-hybridized carbons (Fsp3) is 0.400. The van der Waals surface area contributed by atoms with Crippen LogP contribution >= 0.6 is 0 Å². The van der Waals surface area contributed by atoms with Gasteiger partial charge in [-0.1, -0.05) is 12.1 Å². The molecule has 0 heterocycles. The Kier molecular flexibility index (Phi) is 5.37. The predicted molar refractivity (Wildman–Crippen MR) is 51.1 cm³/mol. The molecule has 0 spiro atoms. The fourth-order valence-corrected chi connectivity index (χ4v) is 0.821. The SMILES string of the molecule is Cc1[c]ccc(C)c1C.[Li][CH3]. The molecule has 0 aliphatic carbocycles. The van der Waals surface area contributed by atoms with E-state index in [-0.39, 0.29) is 0 Å². The molecule has 0 aliphatic rings. The molecule has 1 rings (SSSR count). The Morgan fingerprint density at radius 3 is 2.09 bits per heavy atom. The van der Waals surface area contributed by atoms with Gasteiger partial charge in [0.25, 0.3) is 0 Å². The number of hydrogen-bond donors (Lipinski definition) is 0. The summed E-state index contributed by atoms with van der Waals surface area (Å²) in [6, 6.07) is 7.20. The van der Waals surface area contributed by atoms with Gasteiger partial charge in [0.1, 0.15) is 0 Å². The van der Waals surface area contributed by atoms with Gasteiger partial charge < -0.3 is 0 Å². The maximum absolute atomic E-state index is 3.14. The summed E-state index contributed by atoms with van der Waals surface area (Å²) in [6.07, 6.45) is 0. The van der Waals surface area contributed by atoms with Crippen molar-refractivity contribution in [2.45, 2.75) is 26.4 Å². The monoisotopic (exact) mass is 141 g/mol. The second kappa shape index (κ2) is 5.47. The molecule has 0 atom stereocenters. The second-order valence-electron chi connectivity index (χ2n) is 2.41. The van der Waals surface area contributed by atoms with Crippen LogP contribution in [-0.4, -0.2) is 17.7 Å². The van der Waals surface area contributed by atoms with E-state index in [1.165, 1.54) is 16.7 Å².